The molecule has 1 N–H and O–H groups in total. The van der Waals surface area contributed by atoms with Crippen LogP contribution in [-0.4, -0.2) is 12.5 Å². The van der Waals surface area contributed by atoms with Crippen LogP contribution in [0.5, 0.6) is 5.75 Å². The van der Waals surface area contributed by atoms with E-state index in [0.717, 1.165) is 28.9 Å². The first kappa shape index (κ1) is 16.1. The highest BCUT2D eigenvalue weighted by molar-refractivity contribution is 5.94. The van der Waals surface area contributed by atoms with Crippen LogP contribution in [-0.2, 0) is 0 Å². The standard InChI is InChI=1S/C20H21NO3/c1-3-12-23-17-10-8-15(9-11-17)20(22)21-14(2)19-13-16-6-4-5-7-18(16)24-19/h4-11,13-14H,3,12H2,1-2H3,(H,21,22). The second kappa shape index (κ2) is 7.21. The van der Waals surface area contributed by atoms with Gasteiger partial charge >= 0.3 is 0 Å². The SMILES string of the molecule is CCCOc1ccc(C(=O)NC(C)c2cc3ccccc3o2)cc1. The van der Waals surface area contributed by atoms with Crippen molar-refractivity contribution in [1.82, 2.24) is 5.32 Å². The number of nitrogens with one attached hydrogen (secondary N) is 1. The van der Waals surface area contributed by atoms with E-state index in [9.17, 15) is 4.79 Å². The summed E-state index contributed by atoms with van der Waals surface area (Å²) in [5.74, 6) is 1.39. The van der Waals surface area contributed by atoms with Gasteiger partial charge in [0.1, 0.15) is 17.1 Å². The highest BCUT2D eigenvalue weighted by Gasteiger charge is 2.15. The molecule has 0 aliphatic heterocycles. The third-order valence-corrected chi connectivity index (χ3v) is 3.81. The van der Waals surface area contributed by atoms with Crippen LogP contribution < -0.4 is 10.1 Å². The number of carbonyl (C=O) groups is 1. The molecule has 4 nitrogen and oxygen atoms in total. The number of para-hydroxylation sites is 1. The predicted octanol–water partition coefficient (Wildman–Crippen LogP) is 4.71. The molecule has 124 valence electrons. The number of hydrogen-bond acceptors (Lipinski definition) is 3. The summed E-state index contributed by atoms with van der Waals surface area (Å²) in [4.78, 5) is 12.4. The molecule has 0 saturated carbocycles. The van der Waals surface area contributed by atoms with Crippen molar-refractivity contribution >= 4 is 16.9 Å². The molecule has 0 radical (unpaired) electrons. The molecule has 4 heteroatoms. The van der Waals surface area contributed by atoms with Gasteiger partial charge in [-0.1, -0.05) is 25.1 Å². The molecule has 0 bridgehead atoms. The summed E-state index contributed by atoms with van der Waals surface area (Å²) in [6, 6.07) is 16.7. The fraction of sp³-hybridized carbons (Fsp3) is 0.250. The summed E-state index contributed by atoms with van der Waals surface area (Å²) in [5, 5.41) is 4.00. The Balaban J connectivity index is 1.67. The van der Waals surface area contributed by atoms with Crippen LogP contribution in [0.15, 0.2) is 59.0 Å². The Bertz CT molecular complexity index is 787. The van der Waals surface area contributed by atoms with Crippen LogP contribution in [0.2, 0.25) is 0 Å². The molecular formula is C20H21NO3. The van der Waals surface area contributed by atoms with E-state index in [4.69, 9.17) is 9.15 Å². The molecule has 0 aliphatic carbocycles. The second-order valence-corrected chi connectivity index (χ2v) is 5.75. The van der Waals surface area contributed by atoms with Gasteiger partial charge in [-0.25, -0.2) is 0 Å². The maximum Gasteiger partial charge on any atom is 0.251 e. The third-order valence-electron chi connectivity index (χ3n) is 3.81. The van der Waals surface area contributed by atoms with Gasteiger partial charge in [-0.3, -0.25) is 4.79 Å². The van der Waals surface area contributed by atoms with Crippen molar-refractivity contribution < 1.29 is 13.9 Å². The second-order valence-electron chi connectivity index (χ2n) is 5.75. The lowest BCUT2D eigenvalue weighted by Crippen LogP contribution is -2.26. The minimum atomic E-state index is -0.207. The van der Waals surface area contributed by atoms with E-state index in [1.165, 1.54) is 0 Å². The van der Waals surface area contributed by atoms with Crippen LogP contribution in [0.4, 0.5) is 0 Å². The van der Waals surface area contributed by atoms with Gasteiger partial charge < -0.3 is 14.5 Å². The van der Waals surface area contributed by atoms with Crippen molar-refractivity contribution in [2.45, 2.75) is 26.3 Å². The lowest BCUT2D eigenvalue weighted by molar-refractivity contribution is 0.0935. The van der Waals surface area contributed by atoms with Gasteiger partial charge in [0.2, 0.25) is 0 Å². The van der Waals surface area contributed by atoms with Gasteiger partial charge in [0.25, 0.3) is 5.91 Å². The molecule has 0 saturated heterocycles. The van der Waals surface area contributed by atoms with Gasteiger partial charge in [0, 0.05) is 10.9 Å². The predicted molar refractivity (Wildman–Crippen MR) is 94.3 cm³/mol. The quantitative estimate of drug-likeness (QED) is 0.714. The Kier molecular flexibility index (Phi) is 4.85. The summed E-state index contributed by atoms with van der Waals surface area (Å²) >= 11 is 0. The van der Waals surface area contributed by atoms with Crippen LogP contribution in [0, 0.1) is 0 Å². The largest absolute Gasteiger partial charge is 0.494 e. The van der Waals surface area contributed by atoms with Crippen LogP contribution in [0.3, 0.4) is 0 Å². The monoisotopic (exact) mass is 323 g/mol. The number of hydrogen-bond donors (Lipinski definition) is 1. The zero-order valence-corrected chi connectivity index (χ0v) is 13.9. The highest BCUT2D eigenvalue weighted by atomic mass is 16.5. The van der Waals surface area contributed by atoms with Crippen molar-refractivity contribution in [3.8, 4) is 5.75 Å². The van der Waals surface area contributed by atoms with Gasteiger partial charge in [-0.2, -0.15) is 0 Å². The van der Waals surface area contributed by atoms with E-state index in [0.29, 0.717) is 12.2 Å². The van der Waals surface area contributed by atoms with Crippen molar-refractivity contribution in [2.75, 3.05) is 6.61 Å². The maximum atomic E-state index is 12.4. The van der Waals surface area contributed by atoms with Crippen molar-refractivity contribution in [3.63, 3.8) is 0 Å². The van der Waals surface area contributed by atoms with Gasteiger partial charge in [-0.15, -0.1) is 0 Å². The normalized spacial score (nSPS) is 12.1. The molecule has 0 spiro atoms. The van der Waals surface area contributed by atoms with Crippen molar-refractivity contribution in [1.29, 1.82) is 0 Å². The molecule has 1 atom stereocenters. The Labute approximate surface area is 141 Å². The summed E-state index contributed by atoms with van der Waals surface area (Å²) in [6.45, 7) is 4.64. The summed E-state index contributed by atoms with van der Waals surface area (Å²) < 4.78 is 11.3. The molecule has 3 aromatic rings. The first-order chi connectivity index (χ1) is 11.7. The lowest BCUT2D eigenvalue weighted by atomic mass is 10.1. The van der Waals surface area contributed by atoms with Crippen LogP contribution >= 0.6 is 0 Å². The van der Waals surface area contributed by atoms with Crippen molar-refractivity contribution in [2.24, 2.45) is 0 Å². The van der Waals surface area contributed by atoms with E-state index in [1.807, 2.05) is 49.4 Å². The maximum absolute atomic E-state index is 12.4. The number of ether oxygens (including phenoxy) is 1. The summed E-state index contributed by atoms with van der Waals surface area (Å²) in [6.07, 6.45) is 0.956. The molecule has 0 fully saturated rings. The highest BCUT2D eigenvalue weighted by Crippen LogP contribution is 2.24. The Morgan fingerprint density at radius 3 is 2.62 bits per heavy atom. The third kappa shape index (κ3) is 3.59. The van der Waals surface area contributed by atoms with E-state index < -0.39 is 0 Å². The average molecular weight is 323 g/mol. The Hall–Kier alpha value is -2.75. The van der Waals surface area contributed by atoms with Gasteiger partial charge in [0.05, 0.1) is 12.6 Å². The molecule has 3 rings (SSSR count). The Morgan fingerprint density at radius 2 is 1.92 bits per heavy atom. The minimum Gasteiger partial charge on any atom is -0.494 e. The molecule has 1 amide bonds. The zero-order chi connectivity index (χ0) is 16.9. The number of fused-ring (bicyclic) bond motifs is 1. The van der Waals surface area contributed by atoms with E-state index in [1.54, 1.807) is 12.1 Å². The molecular weight excluding hydrogens is 302 g/mol. The molecule has 1 heterocycles. The molecule has 0 aliphatic rings. The van der Waals surface area contributed by atoms with E-state index in [2.05, 4.69) is 12.2 Å². The van der Waals surface area contributed by atoms with E-state index in [-0.39, 0.29) is 11.9 Å². The summed E-state index contributed by atoms with van der Waals surface area (Å²) in [7, 11) is 0. The minimum absolute atomic E-state index is 0.134. The van der Waals surface area contributed by atoms with E-state index >= 15 is 0 Å². The topological polar surface area (TPSA) is 51.5 Å². The van der Waals surface area contributed by atoms with Crippen LogP contribution in [0.1, 0.15) is 42.4 Å². The smallest absolute Gasteiger partial charge is 0.251 e. The number of rotatable bonds is 6. The first-order valence-electron chi connectivity index (χ1n) is 8.19. The zero-order valence-electron chi connectivity index (χ0n) is 13.9. The summed E-state index contributed by atoms with van der Waals surface area (Å²) in [5.41, 5.74) is 1.42. The fourth-order valence-corrected chi connectivity index (χ4v) is 2.49. The number of amides is 1. The molecule has 1 unspecified atom stereocenters. The van der Waals surface area contributed by atoms with Crippen LogP contribution in [0.25, 0.3) is 11.0 Å². The number of benzene rings is 2. The Morgan fingerprint density at radius 1 is 1.17 bits per heavy atom. The van der Waals surface area contributed by atoms with Gasteiger partial charge in [0.15, 0.2) is 0 Å². The molecule has 24 heavy (non-hydrogen) atoms. The number of carbonyl (C=O) groups excluding carboxylic acids is 1. The lowest BCUT2D eigenvalue weighted by Gasteiger charge is -2.12. The molecule has 1 aromatic heterocycles. The number of furan rings is 1. The first-order valence-corrected chi connectivity index (χ1v) is 8.19. The average Bonchev–Trinajstić information content (AvgIpc) is 3.04. The van der Waals surface area contributed by atoms with Gasteiger partial charge in [-0.05, 0) is 49.7 Å². The molecule has 2 aromatic carbocycles. The van der Waals surface area contributed by atoms with Crippen molar-refractivity contribution in [3.05, 3.63) is 65.9 Å². The fourth-order valence-electron chi connectivity index (χ4n) is 2.49.